The zero-order chi connectivity index (χ0) is 24.1. The van der Waals surface area contributed by atoms with Gasteiger partial charge in [0.25, 0.3) is 5.69 Å². The number of furan rings is 1. The summed E-state index contributed by atoms with van der Waals surface area (Å²) in [4.78, 5) is 38.4. The largest absolute Gasteiger partial charge is 0.461 e. The molecular weight excluding hydrogens is 462 g/mol. The summed E-state index contributed by atoms with van der Waals surface area (Å²) in [5.41, 5.74) is 6.24. The van der Waals surface area contributed by atoms with Crippen LogP contribution in [0.5, 0.6) is 0 Å². The molecule has 1 saturated heterocycles. The molecule has 0 atom stereocenters. The van der Waals surface area contributed by atoms with E-state index < -0.39 is 10.8 Å². The van der Waals surface area contributed by atoms with Crippen LogP contribution in [0.2, 0.25) is 0 Å². The molecule has 2 aromatic heterocycles. The molecule has 12 nitrogen and oxygen atoms in total. The van der Waals surface area contributed by atoms with Gasteiger partial charge in [-0.15, -0.1) is 10.2 Å². The van der Waals surface area contributed by atoms with Crippen LogP contribution in [0.15, 0.2) is 52.2 Å². The number of thioether (sulfide) groups is 1. The van der Waals surface area contributed by atoms with Gasteiger partial charge in [-0.2, -0.15) is 0 Å². The van der Waals surface area contributed by atoms with Gasteiger partial charge in [-0.1, -0.05) is 11.8 Å². The zero-order valence-corrected chi connectivity index (χ0v) is 19.0. The molecule has 34 heavy (non-hydrogen) atoms. The summed E-state index contributed by atoms with van der Waals surface area (Å²) in [6.45, 7) is 2.63. The van der Waals surface area contributed by atoms with Gasteiger partial charge >= 0.3 is 0 Å². The first-order valence-corrected chi connectivity index (χ1v) is 11.6. The Morgan fingerprint density at radius 3 is 2.47 bits per heavy atom. The fourth-order valence-electron chi connectivity index (χ4n) is 3.62. The molecule has 0 saturated carbocycles. The Balaban J connectivity index is 1.34. The van der Waals surface area contributed by atoms with E-state index in [2.05, 4.69) is 15.1 Å². The molecule has 4 rings (SSSR count). The minimum absolute atomic E-state index is 0.0302. The molecule has 1 fully saturated rings. The van der Waals surface area contributed by atoms with Crippen LogP contribution in [-0.4, -0.2) is 68.3 Å². The van der Waals surface area contributed by atoms with Crippen molar-refractivity contribution in [3.05, 3.63) is 52.8 Å². The fraction of sp³-hybridized carbons (Fsp3) is 0.333. The number of nitrogens with zero attached hydrogens (tertiary/aromatic N) is 6. The maximum atomic E-state index is 12.8. The number of carbonyl (C=O) groups excluding carboxylic acids is 2. The number of benzene rings is 1. The van der Waals surface area contributed by atoms with Crippen LogP contribution < -0.4 is 10.6 Å². The number of aromatic nitrogens is 3. The van der Waals surface area contributed by atoms with E-state index in [0.29, 0.717) is 42.9 Å². The number of nitro groups is 1. The number of amides is 2. The van der Waals surface area contributed by atoms with Crippen molar-refractivity contribution in [3.8, 4) is 11.6 Å². The number of carbonyl (C=O) groups is 2. The molecule has 0 unspecified atom stereocenters. The van der Waals surface area contributed by atoms with Crippen molar-refractivity contribution in [2.24, 2.45) is 5.73 Å². The van der Waals surface area contributed by atoms with Gasteiger partial charge in [-0.05, 0) is 24.3 Å². The number of anilines is 1. The molecule has 2 amide bonds. The molecule has 1 aliphatic heterocycles. The molecule has 1 aromatic carbocycles. The summed E-state index contributed by atoms with van der Waals surface area (Å²) >= 11 is 1.25. The van der Waals surface area contributed by atoms with Gasteiger partial charge in [0.15, 0.2) is 16.7 Å². The van der Waals surface area contributed by atoms with Crippen LogP contribution in [-0.2, 0) is 16.1 Å². The van der Waals surface area contributed by atoms with Crippen molar-refractivity contribution < 1.29 is 18.9 Å². The highest BCUT2D eigenvalue weighted by molar-refractivity contribution is 7.99. The van der Waals surface area contributed by atoms with E-state index in [-0.39, 0.29) is 30.3 Å². The third kappa shape index (κ3) is 5.36. The van der Waals surface area contributed by atoms with Gasteiger partial charge < -0.3 is 20.0 Å². The first kappa shape index (κ1) is 23.3. The lowest BCUT2D eigenvalue weighted by atomic mass is 10.2. The maximum absolute atomic E-state index is 12.8. The van der Waals surface area contributed by atoms with Gasteiger partial charge in [0.05, 0.1) is 16.9 Å². The van der Waals surface area contributed by atoms with Crippen molar-refractivity contribution in [3.63, 3.8) is 0 Å². The number of hydrogen-bond acceptors (Lipinski definition) is 9. The van der Waals surface area contributed by atoms with Gasteiger partial charge in [0.2, 0.25) is 11.8 Å². The Morgan fingerprint density at radius 1 is 1.12 bits per heavy atom. The summed E-state index contributed by atoms with van der Waals surface area (Å²) in [6.07, 6.45) is 1.63. The van der Waals surface area contributed by atoms with Gasteiger partial charge in [0, 0.05) is 57.0 Å². The van der Waals surface area contributed by atoms with Gasteiger partial charge in [0.1, 0.15) is 0 Å². The minimum Gasteiger partial charge on any atom is -0.461 e. The highest BCUT2D eigenvalue weighted by Gasteiger charge is 2.23. The molecule has 13 heteroatoms. The van der Waals surface area contributed by atoms with Crippen molar-refractivity contribution in [1.29, 1.82) is 0 Å². The molecular formula is C21H23N7O5S. The number of primary amides is 1. The molecule has 178 valence electrons. The van der Waals surface area contributed by atoms with E-state index in [0.717, 1.165) is 5.69 Å². The highest BCUT2D eigenvalue weighted by atomic mass is 32.2. The van der Waals surface area contributed by atoms with Crippen LogP contribution >= 0.6 is 11.8 Å². The number of nitro benzene ring substituents is 1. The SMILES string of the molecule is NC(=O)CCn1c(SCC(=O)N2CCN(c3ccc([N+](=O)[O-])cc3)CC2)nnc1-c1ccco1. The Hall–Kier alpha value is -3.87. The van der Waals surface area contributed by atoms with E-state index in [1.807, 2.05) is 0 Å². The standard InChI is InChI=1S/C21H23N7O5S/c22-18(29)7-8-27-20(17-2-1-13-33-17)23-24-21(27)34-14-19(30)26-11-9-25(10-12-26)15-3-5-16(6-4-15)28(31)32/h1-6,13H,7-12,14H2,(H2,22,29). The summed E-state index contributed by atoms with van der Waals surface area (Å²) in [5.74, 6) is 0.675. The topological polar surface area (TPSA) is 154 Å². The third-order valence-electron chi connectivity index (χ3n) is 5.42. The van der Waals surface area contributed by atoms with Crippen molar-refractivity contribution in [2.75, 3.05) is 36.8 Å². The first-order valence-electron chi connectivity index (χ1n) is 10.6. The predicted molar refractivity (Wildman–Crippen MR) is 124 cm³/mol. The van der Waals surface area contributed by atoms with Crippen LogP contribution in [0.3, 0.4) is 0 Å². The van der Waals surface area contributed by atoms with E-state index >= 15 is 0 Å². The van der Waals surface area contributed by atoms with Crippen molar-refractivity contribution in [2.45, 2.75) is 18.1 Å². The lowest BCUT2D eigenvalue weighted by Crippen LogP contribution is -2.49. The summed E-state index contributed by atoms with van der Waals surface area (Å²) in [6, 6.07) is 9.88. The van der Waals surface area contributed by atoms with Gasteiger partial charge in [-0.3, -0.25) is 24.3 Å². The smallest absolute Gasteiger partial charge is 0.269 e. The average Bonchev–Trinajstić information content (AvgIpc) is 3.51. The first-order chi connectivity index (χ1) is 16.4. The Kier molecular flexibility index (Phi) is 7.11. The molecule has 0 aliphatic carbocycles. The molecule has 3 heterocycles. The monoisotopic (exact) mass is 485 g/mol. The van der Waals surface area contributed by atoms with Crippen LogP contribution in [0.1, 0.15) is 6.42 Å². The number of rotatable bonds is 9. The van der Waals surface area contributed by atoms with Crippen LogP contribution in [0, 0.1) is 10.1 Å². The lowest BCUT2D eigenvalue weighted by Gasteiger charge is -2.36. The normalized spacial score (nSPS) is 13.8. The zero-order valence-electron chi connectivity index (χ0n) is 18.2. The Morgan fingerprint density at radius 2 is 1.85 bits per heavy atom. The predicted octanol–water partition coefficient (Wildman–Crippen LogP) is 1.76. The third-order valence-corrected chi connectivity index (χ3v) is 6.37. The Bertz CT molecular complexity index is 1150. The van der Waals surface area contributed by atoms with Crippen LogP contribution in [0.4, 0.5) is 11.4 Å². The highest BCUT2D eigenvalue weighted by Crippen LogP contribution is 2.25. The number of hydrogen-bond donors (Lipinski definition) is 1. The minimum atomic E-state index is -0.447. The molecule has 0 bridgehead atoms. The second kappa shape index (κ2) is 10.4. The number of piperazine rings is 1. The molecule has 2 N–H and O–H groups in total. The van der Waals surface area contributed by atoms with E-state index in [9.17, 15) is 19.7 Å². The van der Waals surface area contributed by atoms with Crippen LogP contribution in [0.25, 0.3) is 11.6 Å². The van der Waals surface area contributed by atoms with Crippen molar-refractivity contribution in [1.82, 2.24) is 19.7 Å². The maximum Gasteiger partial charge on any atom is 0.269 e. The quantitative estimate of drug-likeness (QED) is 0.271. The summed E-state index contributed by atoms with van der Waals surface area (Å²) in [5, 5.41) is 19.7. The summed E-state index contributed by atoms with van der Waals surface area (Å²) in [7, 11) is 0. The van der Waals surface area contributed by atoms with Crippen molar-refractivity contribution >= 4 is 35.0 Å². The fourth-order valence-corrected chi connectivity index (χ4v) is 4.49. The summed E-state index contributed by atoms with van der Waals surface area (Å²) < 4.78 is 7.13. The van der Waals surface area contributed by atoms with E-state index in [4.69, 9.17) is 10.2 Å². The van der Waals surface area contributed by atoms with Gasteiger partial charge in [-0.25, -0.2) is 0 Å². The molecule has 1 aliphatic rings. The average molecular weight is 486 g/mol. The number of non-ortho nitro benzene ring substituents is 1. The molecule has 0 radical (unpaired) electrons. The van der Waals surface area contributed by atoms with E-state index in [1.54, 1.807) is 33.7 Å². The molecule has 0 spiro atoms. The number of nitrogens with two attached hydrogens (primary N) is 1. The lowest BCUT2D eigenvalue weighted by molar-refractivity contribution is -0.384. The Labute approximate surface area is 198 Å². The second-order valence-electron chi connectivity index (χ2n) is 7.58. The second-order valence-corrected chi connectivity index (χ2v) is 8.52. The molecule has 3 aromatic rings. The van der Waals surface area contributed by atoms with E-state index in [1.165, 1.54) is 30.2 Å².